The minimum Gasteiger partial charge on any atom is -0.396 e. The first-order valence-corrected chi connectivity index (χ1v) is 7.47. The fraction of sp³-hybridized carbons (Fsp3) is 0.562. The molecule has 0 saturated heterocycles. The molecule has 0 heterocycles. The summed E-state index contributed by atoms with van der Waals surface area (Å²) in [5.41, 5.74) is 4.05. The van der Waals surface area contributed by atoms with E-state index in [2.05, 4.69) is 28.8 Å². The highest BCUT2D eigenvalue weighted by Crippen LogP contribution is 2.24. The van der Waals surface area contributed by atoms with E-state index in [4.69, 9.17) is 5.11 Å². The maximum absolute atomic E-state index is 11.7. The molecule has 1 aromatic rings. The summed E-state index contributed by atoms with van der Waals surface area (Å²) in [5.74, 6) is 0. The first kappa shape index (κ1) is 14.9. The third-order valence-electron chi connectivity index (χ3n) is 3.84. The lowest BCUT2D eigenvalue weighted by molar-refractivity contribution is 0.235. The number of aryl methyl sites for hydroxylation is 2. The largest absolute Gasteiger partial charge is 0.396 e. The van der Waals surface area contributed by atoms with E-state index >= 15 is 0 Å². The van der Waals surface area contributed by atoms with Crippen molar-refractivity contribution in [3.8, 4) is 0 Å². The Morgan fingerprint density at radius 2 is 2.05 bits per heavy atom. The van der Waals surface area contributed by atoms with Crippen LogP contribution in [0.5, 0.6) is 0 Å². The van der Waals surface area contributed by atoms with Crippen molar-refractivity contribution in [1.29, 1.82) is 0 Å². The molecule has 0 aliphatic heterocycles. The smallest absolute Gasteiger partial charge is 0.315 e. The number of hydrogen-bond acceptors (Lipinski definition) is 2. The summed E-state index contributed by atoms with van der Waals surface area (Å²) in [4.78, 5) is 11.7. The average molecular weight is 276 g/mol. The normalized spacial score (nSPS) is 15.3. The molecule has 0 saturated carbocycles. The number of urea groups is 1. The molecule has 3 N–H and O–H groups in total. The molecule has 0 radical (unpaired) electrons. The summed E-state index contributed by atoms with van der Waals surface area (Å²) in [6, 6.07) is 6.36. The molecule has 110 valence electrons. The molecule has 1 aliphatic rings. The minimum absolute atomic E-state index is 0.00338. The van der Waals surface area contributed by atoms with Crippen LogP contribution in [0.15, 0.2) is 18.2 Å². The molecule has 1 atom stereocenters. The van der Waals surface area contributed by atoms with Gasteiger partial charge in [-0.25, -0.2) is 4.79 Å². The van der Waals surface area contributed by atoms with Crippen molar-refractivity contribution in [1.82, 2.24) is 10.6 Å². The van der Waals surface area contributed by atoms with Crippen LogP contribution >= 0.6 is 0 Å². The van der Waals surface area contributed by atoms with Crippen LogP contribution in [0.1, 0.15) is 48.9 Å². The van der Waals surface area contributed by atoms with Crippen LogP contribution in [0.4, 0.5) is 4.79 Å². The molecule has 4 nitrogen and oxygen atoms in total. The standard InChI is InChI=1S/C16H24N2O2/c1-12(18-16(20)17-9-4-10-19)14-8-7-13-5-2-3-6-15(13)11-14/h7-8,11-12,19H,2-6,9-10H2,1H3,(H2,17,18,20). The van der Waals surface area contributed by atoms with Gasteiger partial charge in [-0.2, -0.15) is 0 Å². The number of carbonyl (C=O) groups excluding carboxylic acids is 1. The summed E-state index contributed by atoms with van der Waals surface area (Å²) in [5, 5.41) is 14.3. The third kappa shape index (κ3) is 3.97. The highest BCUT2D eigenvalue weighted by Gasteiger charge is 2.13. The number of rotatable bonds is 5. The maximum Gasteiger partial charge on any atom is 0.315 e. The molecule has 1 unspecified atom stereocenters. The molecule has 4 heteroatoms. The summed E-state index contributed by atoms with van der Waals surface area (Å²) in [6.07, 6.45) is 5.46. The fourth-order valence-electron chi connectivity index (χ4n) is 2.63. The minimum atomic E-state index is -0.177. The van der Waals surface area contributed by atoms with Gasteiger partial charge in [0.15, 0.2) is 0 Å². The Labute approximate surface area is 120 Å². The van der Waals surface area contributed by atoms with E-state index in [0.29, 0.717) is 13.0 Å². The van der Waals surface area contributed by atoms with Crippen LogP contribution in [0.2, 0.25) is 0 Å². The Kier molecular flexibility index (Phi) is 5.41. The molecule has 1 aliphatic carbocycles. The summed E-state index contributed by atoms with van der Waals surface area (Å²) in [6.45, 7) is 2.59. The van der Waals surface area contributed by atoms with Crippen LogP contribution in [0.25, 0.3) is 0 Å². The highest BCUT2D eigenvalue weighted by molar-refractivity contribution is 5.74. The van der Waals surface area contributed by atoms with Gasteiger partial charge in [0.2, 0.25) is 0 Å². The number of fused-ring (bicyclic) bond motifs is 1. The van der Waals surface area contributed by atoms with Crippen LogP contribution in [-0.4, -0.2) is 24.3 Å². The van der Waals surface area contributed by atoms with E-state index in [9.17, 15) is 4.79 Å². The van der Waals surface area contributed by atoms with Gasteiger partial charge in [-0.3, -0.25) is 0 Å². The average Bonchev–Trinajstić information content (AvgIpc) is 2.47. The quantitative estimate of drug-likeness (QED) is 0.723. The van der Waals surface area contributed by atoms with E-state index < -0.39 is 0 Å². The number of carbonyl (C=O) groups is 1. The van der Waals surface area contributed by atoms with Gasteiger partial charge in [0, 0.05) is 13.2 Å². The van der Waals surface area contributed by atoms with Gasteiger partial charge >= 0.3 is 6.03 Å². The summed E-state index contributed by atoms with van der Waals surface area (Å²) in [7, 11) is 0. The van der Waals surface area contributed by atoms with Crippen molar-refractivity contribution >= 4 is 6.03 Å². The Morgan fingerprint density at radius 1 is 1.30 bits per heavy atom. The van der Waals surface area contributed by atoms with Crippen LogP contribution < -0.4 is 10.6 Å². The lowest BCUT2D eigenvalue weighted by Crippen LogP contribution is -2.37. The van der Waals surface area contributed by atoms with Crippen molar-refractivity contribution in [2.45, 2.75) is 45.1 Å². The zero-order valence-electron chi connectivity index (χ0n) is 12.1. The van der Waals surface area contributed by atoms with Crippen molar-refractivity contribution in [3.63, 3.8) is 0 Å². The number of benzene rings is 1. The Hall–Kier alpha value is -1.55. The van der Waals surface area contributed by atoms with Gasteiger partial charge in [0.05, 0.1) is 6.04 Å². The predicted molar refractivity (Wildman–Crippen MR) is 79.7 cm³/mol. The lowest BCUT2D eigenvalue weighted by atomic mass is 9.89. The number of amides is 2. The molecule has 20 heavy (non-hydrogen) atoms. The van der Waals surface area contributed by atoms with E-state index in [1.54, 1.807) is 0 Å². The molecule has 2 amide bonds. The van der Waals surface area contributed by atoms with Crippen LogP contribution in [0.3, 0.4) is 0 Å². The first-order chi connectivity index (χ1) is 9.70. The Morgan fingerprint density at radius 3 is 2.80 bits per heavy atom. The monoisotopic (exact) mass is 276 g/mol. The lowest BCUT2D eigenvalue weighted by Gasteiger charge is -2.20. The fourth-order valence-corrected chi connectivity index (χ4v) is 2.63. The second kappa shape index (κ2) is 7.29. The third-order valence-corrected chi connectivity index (χ3v) is 3.84. The Bertz CT molecular complexity index is 460. The highest BCUT2D eigenvalue weighted by atomic mass is 16.3. The topological polar surface area (TPSA) is 61.4 Å². The zero-order valence-corrected chi connectivity index (χ0v) is 12.1. The van der Waals surface area contributed by atoms with Gasteiger partial charge in [-0.05, 0) is 55.7 Å². The van der Waals surface area contributed by atoms with Crippen LogP contribution in [-0.2, 0) is 12.8 Å². The number of aliphatic hydroxyl groups is 1. The second-order valence-electron chi connectivity index (χ2n) is 5.43. The van der Waals surface area contributed by atoms with Gasteiger partial charge in [0.1, 0.15) is 0 Å². The Balaban J connectivity index is 1.91. The van der Waals surface area contributed by atoms with Gasteiger partial charge in [-0.15, -0.1) is 0 Å². The second-order valence-corrected chi connectivity index (χ2v) is 5.43. The molecule has 0 spiro atoms. The predicted octanol–water partition coefficient (Wildman–Crippen LogP) is 2.31. The van der Waals surface area contributed by atoms with Gasteiger partial charge in [-0.1, -0.05) is 18.2 Å². The molecule has 0 fully saturated rings. The van der Waals surface area contributed by atoms with E-state index in [1.165, 1.54) is 30.4 Å². The van der Waals surface area contributed by atoms with Crippen molar-refractivity contribution in [3.05, 3.63) is 34.9 Å². The number of nitrogens with one attached hydrogen (secondary N) is 2. The number of aliphatic hydroxyl groups excluding tert-OH is 1. The van der Waals surface area contributed by atoms with E-state index in [1.807, 2.05) is 6.92 Å². The molecule has 0 bridgehead atoms. The van der Waals surface area contributed by atoms with E-state index in [-0.39, 0.29) is 18.7 Å². The maximum atomic E-state index is 11.7. The molecular formula is C16H24N2O2. The molecule has 2 rings (SSSR count). The number of hydrogen-bond donors (Lipinski definition) is 3. The van der Waals surface area contributed by atoms with Crippen molar-refractivity contribution < 1.29 is 9.90 Å². The molecule has 0 aromatic heterocycles. The van der Waals surface area contributed by atoms with Gasteiger partial charge < -0.3 is 15.7 Å². The van der Waals surface area contributed by atoms with Crippen molar-refractivity contribution in [2.24, 2.45) is 0 Å². The zero-order chi connectivity index (χ0) is 14.4. The molecular weight excluding hydrogens is 252 g/mol. The first-order valence-electron chi connectivity index (χ1n) is 7.47. The van der Waals surface area contributed by atoms with Gasteiger partial charge in [0.25, 0.3) is 0 Å². The summed E-state index contributed by atoms with van der Waals surface area (Å²) < 4.78 is 0. The summed E-state index contributed by atoms with van der Waals surface area (Å²) >= 11 is 0. The molecule has 1 aromatic carbocycles. The SMILES string of the molecule is CC(NC(=O)NCCCO)c1ccc2c(c1)CCCC2. The van der Waals surface area contributed by atoms with E-state index in [0.717, 1.165) is 12.0 Å². The van der Waals surface area contributed by atoms with Crippen LogP contribution in [0, 0.1) is 0 Å². The van der Waals surface area contributed by atoms with Crippen molar-refractivity contribution in [2.75, 3.05) is 13.2 Å².